The van der Waals surface area contributed by atoms with Gasteiger partial charge in [0.15, 0.2) is 0 Å². The van der Waals surface area contributed by atoms with Crippen LogP contribution >= 0.6 is 0 Å². The first-order chi connectivity index (χ1) is 10.2. The topological polar surface area (TPSA) is 67.4 Å². The molecule has 1 rings (SSSR count). The Labute approximate surface area is 128 Å². The minimum atomic E-state index is -0.129. The molecule has 21 heavy (non-hydrogen) atoms. The molecule has 2 N–H and O–H groups in total. The van der Waals surface area contributed by atoms with Gasteiger partial charge >= 0.3 is 12.0 Å². The third kappa shape index (κ3) is 9.32. The monoisotopic (exact) mass is 298 g/mol. The van der Waals surface area contributed by atoms with Gasteiger partial charge < -0.3 is 15.4 Å². The molecule has 0 saturated heterocycles. The molecule has 0 bridgehead atoms. The van der Waals surface area contributed by atoms with Crippen molar-refractivity contribution in [1.29, 1.82) is 0 Å². The highest BCUT2D eigenvalue weighted by molar-refractivity contribution is 5.74. The van der Waals surface area contributed by atoms with Gasteiger partial charge in [-0.2, -0.15) is 0 Å². The third-order valence-electron chi connectivity index (χ3n) is 4.01. The van der Waals surface area contributed by atoms with E-state index in [9.17, 15) is 9.59 Å². The Hall–Kier alpha value is -1.26. The molecule has 0 spiro atoms. The molecule has 0 aromatic rings. The highest BCUT2D eigenvalue weighted by Gasteiger charge is 2.14. The number of methoxy groups -OCH3 is 1. The summed E-state index contributed by atoms with van der Waals surface area (Å²) in [5.41, 5.74) is 0. The van der Waals surface area contributed by atoms with Gasteiger partial charge in [0.05, 0.1) is 7.11 Å². The minimum Gasteiger partial charge on any atom is -0.469 e. The molecule has 0 unspecified atom stereocenters. The number of hydrogen-bond donors (Lipinski definition) is 2. The predicted octanol–water partition coefficient (Wildman–Crippen LogP) is 3.13. The fourth-order valence-corrected chi connectivity index (χ4v) is 2.71. The Morgan fingerprint density at radius 1 is 1.00 bits per heavy atom. The van der Waals surface area contributed by atoms with Crippen molar-refractivity contribution in [3.8, 4) is 0 Å². The first-order valence-electron chi connectivity index (χ1n) is 8.33. The van der Waals surface area contributed by atoms with Gasteiger partial charge in [0, 0.05) is 19.0 Å². The number of ether oxygens (including phenoxy) is 1. The number of unbranched alkanes of at least 4 members (excludes halogenated alkanes) is 4. The lowest BCUT2D eigenvalue weighted by atomic mass is 9.96. The third-order valence-corrected chi connectivity index (χ3v) is 4.01. The van der Waals surface area contributed by atoms with E-state index < -0.39 is 0 Å². The lowest BCUT2D eigenvalue weighted by Gasteiger charge is -2.22. The molecule has 2 amide bonds. The van der Waals surface area contributed by atoms with Gasteiger partial charge in [-0.1, -0.05) is 38.5 Å². The number of hydrogen-bond acceptors (Lipinski definition) is 3. The number of nitrogens with one attached hydrogen (secondary N) is 2. The van der Waals surface area contributed by atoms with Crippen molar-refractivity contribution >= 4 is 12.0 Å². The summed E-state index contributed by atoms with van der Waals surface area (Å²) in [5, 5.41) is 5.97. The summed E-state index contributed by atoms with van der Waals surface area (Å²) in [7, 11) is 1.42. The van der Waals surface area contributed by atoms with Crippen molar-refractivity contribution in [2.45, 2.75) is 76.7 Å². The molecule has 122 valence electrons. The Morgan fingerprint density at radius 3 is 2.38 bits per heavy atom. The average molecular weight is 298 g/mol. The highest BCUT2D eigenvalue weighted by atomic mass is 16.5. The molecule has 0 aromatic heterocycles. The molecule has 0 atom stereocenters. The highest BCUT2D eigenvalue weighted by Crippen LogP contribution is 2.17. The van der Waals surface area contributed by atoms with E-state index in [1.165, 1.54) is 26.4 Å². The lowest BCUT2D eigenvalue weighted by molar-refractivity contribution is -0.140. The summed E-state index contributed by atoms with van der Waals surface area (Å²) in [5.74, 6) is -0.129. The van der Waals surface area contributed by atoms with Gasteiger partial charge in [0.25, 0.3) is 0 Å². The smallest absolute Gasteiger partial charge is 0.315 e. The number of esters is 1. The number of carbonyl (C=O) groups is 2. The largest absolute Gasteiger partial charge is 0.469 e. The summed E-state index contributed by atoms with van der Waals surface area (Å²) in [6, 6.07) is 0.352. The molecule has 5 heteroatoms. The molecule has 5 nitrogen and oxygen atoms in total. The SMILES string of the molecule is COC(=O)CCCCCCCNC(=O)NC1CCCCC1. The number of rotatable bonds is 9. The van der Waals surface area contributed by atoms with Crippen LogP contribution < -0.4 is 10.6 Å². The molecule has 1 aliphatic carbocycles. The summed E-state index contributed by atoms with van der Waals surface area (Å²) in [6.45, 7) is 0.732. The summed E-state index contributed by atoms with van der Waals surface area (Å²) in [4.78, 5) is 22.6. The van der Waals surface area contributed by atoms with Gasteiger partial charge in [-0.15, -0.1) is 0 Å². The van der Waals surface area contributed by atoms with Crippen LogP contribution in [0.4, 0.5) is 4.79 Å². The van der Waals surface area contributed by atoms with Crippen molar-refractivity contribution in [1.82, 2.24) is 10.6 Å². The summed E-state index contributed by atoms with van der Waals surface area (Å²) >= 11 is 0. The van der Waals surface area contributed by atoms with Crippen LogP contribution in [0, 0.1) is 0 Å². The molecule has 1 aliphatic rings. The quantitative estimate of drug-likeness (QED) is 0.507. The van der Waals surface area contributed by atoms with Crippen LogP contribution in [0.2, 0.25) is 0 Å². The van der Waals surface area contributed by atoms with E-state index in [4.69, 9.17) is 0 Å². The second-order valence-electron chi connectivity index (χ2n) is 5.83. The van der Waals surface area contributed by atoms with E-state index in [1.54, 1.807) is 0 Å². The minimum absolute atomic E-state index is 0.0207. The molecule has 1 saturated carbocycles. The van der Waals surface area contributed by atoms with Gasteiger partial charge in [0.2, 0.25) is 0 Å². The fraction of sp³-hybridized carbons (Fsp3) is 0.875. The summed E-state index contributed by atoms with van der Waals surface area (Å²) < 4.78 is 4.59. The van der Waals surface area contributed by atoms with Crippen molar-refractivity contribution in [3.63, 3.8) is 0 Å². The zero-order valence-corrected chi connectivity index (χ0v) is 13.3. The Morgan fingerprint density at radius 2 is 1.67 bits per heavy atom. The maximum absolute atomic E-state index is 11.7. The Kier molecular flexibility index (Phi) is 9.66. The number of amides is 2. The molecule has 0 aromatic carbocycles. The first-order valence-corrected chi connectivity index (χ1v) is 8.33. The van der Waals surface area contributed by atoms with Crippen molar-refractivity contribution in [3.05, 3.63) is 0 Å². The van der Waals surface area contributed by atoms with Crippen LogP contribution in [0.1, 0.15) is 70.6 Å². The van der Waals surface area contributed by atoms with Crippen LogP contribution in [0.25, 0.3) is 0 Å². The van der Waals surface area contributed by atoms with Crippen molar-refractivity contribution in [2.24, 2.45) is 0 Å². The van der Waals surface area contributed by atoms with E-state index in [-0.39, 0.29) is 12.0 Å². The maximum Gasteiger partial charge on any atom is 0.315 e. The average Bonchev–Trinajstić information content (AvgIpc) is 2.50. The van der Waals surface area contributed by atoms with Crippen molar-refractivity contribution < 1.29 is 14.3 Å². The first kappa shape index (κ1) is 17.8. The van der Waals surface area contributed by atoms with Crippen LogP contribution in [0.3, 0.4) is 0 Å². The van der Waals surface area contributed by atoms with Crippen LogP contribution in [0.5, 0.6) is 0 Å². The van der Waals surface area contributed by atoms with Crippen LogP contribution in [0.15, 0.2) is 0 Å². The summed E-state index contributed by atoms with van der Waals surface area (Å²) in [6.07, 6.45) is 11.6. The standard InChI is InChI=1S/C16H30N2O3/c1-21-15(19)12-8-3-2-4-9-13-17-16(20)18-14-10-6-5-7-11-14/h14H,2-13H2,1H3,(H2,17,18,20). The van der Waals surface area contributed by atoms with E-state index in [0.29, 0.717) is 12.5 Å². The predicted molar refractivity (Wildman–Crippen MR) is 83.1 cm³/mol. The lowest BCUT2D eigenvalue weighted by Crippen LogP contribution is -2.43. The molecule has 1 fully saturated rings. The number of urea groups is 1. The van der Waals surface area contributed by atoms with Gasteiger partial charge in [-0.3, -0.25) is 4.79 Å². The second-order valence-corrected chi connectivity index (χ2v) is 5.83. The van der Waals surface area contributed by atoms with Crippen LogP contribution in [-0.2, 0) is 9.53 Å². The van der Waals surface area contributed by atoms with E-state index >= 15 is 0 Å². The van der Waals surface area contributed by atoms with Gasteiger partial charge in [-0.05, 0) is 25.7 Å². The fourth-order valence-electron chi connectivity index (χ4n) is 2.71. The molecule has 0 radical (unpaired) electrons. The Bertz CT molecular complexity index is 302. The van der Waals surface area contributed by atoms with Gasteiger partial charge in [-0.25, -0.2) is 4.79 Å². The van der Waals surface area contributed by atoms with Crippen LogP contribution in [-0.4, -0.2) is 31.7 Å². The zero-order valence-electron chi connectivity index (χ0n) is 13.3. The Balaban J connectivity index is 1.87. The van der Waals surface area contributed by atoms with E-state index in [1.807, 2.05) is 0 Å². The second kappa shape index (κ2) is 11.4. The van der Waals surface area contributed by atoms with Crippen molar-refractivity contribution in [2.75, 3.05) is 13.7 Å². The molecule has 0 aliphatic heterocycles. The molecular formula is C16H30N2O3. The van der Waals surface area contributed by atoms with E-state index in [0.717, 1.165) is 51.5 Å². The molecular weight excluding hydrogens is 268 g/mol. The molecule has 0 heterocycles. The zero-order chi connectivity index (χ0) is 15.3. The van der Waals surface area contributed by atoms with E-state index in [2.05, 4.69) is 15.4 Å². The number of carbonyl (C=O) groups excluding carboxylic acids is 2. The normalized spacial score (nSPS) is 15.5. The van der Waals surface area contributed by atoms with Gasteiger partial charge in [0.1, 0.15) is 0 Å². The maximum atomic E-state index is 11.7.